The third-order valence-corrected chi connectivity index (χ3v) is 2.48. The second-order valence-electron chi connectivity index (χ2n) is 3.91. The largest absolute Gasteiger partial charge is 0.477 e. The quantitative estimate of drug-likeness (QED) is 0.791. The minimum absolute atomic E-state index is 0.109. The predicted octanol–water partition coefficient (Wildman–Crippen LogP) is 2.38. The van der Waals surface area contributed by atoms with Crippen molar-refractivity contribution >= 4 is 0 Å². The molecule has 0 amide bonds. The van der Waals surface area contributed by atoms with Gasteiger partial charge in [-0.3, -0.25) is 0 Å². The van der Waals surface area contributed by atoms with E-state index in [0.29, 0.717) is 5.88 Å². The Morgan fingerprint density at radius 2 is 2.25 bits per heavy atom. The molecule has 0 N–H and O–H groups in total. The van der Waals surface area contributed by atoms with Crippen LogP contribution < -0.4 is 4.74 Å². The van der Waals surface area contributed by atoms with Gasteiger partial charge in [0.1, 0.15) is 11.8 Å². The van der Waals surface area contributed by atoms with Gasteiger partial charge < -0.3 is 4.74 Å². The van der Waals surface area contributed by atoms with Crippen molar-refractivity contribution in [2.45, 2.75) is 18.8 Å². The van der Waals surface area contributed by atoms with Crippen LogP contribution in [-0.2, 0) is 0 Å². The Kier molecular flexibility index (Phi) is 2.73. The molecule has 1 aliphatic carbocycles. The van der Waals surface area contributed by atoms with Crippen molar-refractivity contribution < 1.29 is 13.5 Å². The van der Waals surface area contributed by atoms with E-state index in [1.54, 1.807) is 18.2 Å². The lowest BCUT2D eigenvalue weighted by molar-refractivity contribution is -0.119. The molecule has 1 saturated carbocycles. The van der Waals surface area contributed by atoms with E-state index in [4.69, 9.17) is 10.00 Å². The zero-order valence-electron chi connectivity index (χ0n) is 8.49. The Labute approximate surface area is 91.7 Å². The Morgan fingerprint density at radius 3 is 2.88 bits per heavy atom. The van der Waals surface area contributed by atoms with Crippen LogP contribution in [0.3, 0.4) is 0 Å². The average Bonchev–Trinajstić information content (AvgIpc) is 2.23. The number of alkyl halides is 2. The van der Waals surface area contributed by atoms with E-state index in [1.807, 2.05) is 6.07 Å². The van der Waals surface area contributed by atoms with Crippen LogP contribution in [0.25, 0.3) is 0 Å². The zero-order valence-corrected chi connectivity index (χ0v) is 8.49. The van der Waals surface area contributed by atoms with E-state index in [0.717, 1.165) is 0 Å². The summed E-state index contributed by atoms with van der Waals surface area (Å²) in [5.41, 5.74) is 0.261. The number of nitriles is 1. The molecule has 1 aromatic rings. The first kappa shape index (κ1) is 10.8. The van der Waals surface area contributed by atoms with E-state index in [-0.39, 0.29) is 31.1 Å². The van der Waals surface area contributed by atoms with Crippen LogP contribution in [0, 0.1) is 17.2 Å². The maximum Gasteiger partial charge on any atom is 0.248 e. The molecule has 0 spiro atoms. The Morgan fingerprint density at radius 1 is 1.50 bits per heavy atom. The molecule has 84 valence electrons. The third-order valence-electron chi connectivity index (χ3n) is 2.48. The molecule has 1 fully saturated rings. The standard InChI is InChI=1S/C11H10F2N2O/c12-11(13)4-8(5-11)7-16-10-3-1-2-9(6-14)15-10/h1-3,8H,4-5,7H2. The molecule has 2 rings (SSSR count). The number of rotatable bonds is 3. The van der Waals surface area contributed by atoms with Crippen molar-refractivity contribution in [2.75, 3.05) is 6.61 Å². The van der Waals surface area contributed by atoms with Crippen molar-refractivity contribution in [3.63, 3.8) is 0 Å². The molecular formula is C11H10F2N2O. The average molecular weight is 224 g/mol. The van der Waals surface area contributed by atoms with E-state index in [1.165, 1.54) is 0 Å². The van der Waals surface area contributed by atoms with E-state index in [2.05, 4.69) is 4.98 Å². The molecule has 0 aliphatic heterocycles. The van der Waals surface area contributed by atoms with Gasteiger partial charge in [0.2, 0.25) is 11.8 Å². The topological polar surface area (TPSA) is 45.9 Å². The number of hydrogen-bond acceptors (Lipinski definition) is 3. The molecule has 3 nitrogen and oxygen atoms in total. The highest BCUT2D eigenvalue weighted by atomic mass is 19.3. The van der Waals surface area contributed by atoms with Gasteiger partial charge in [0, 0.05) is 24.8 Å². The number of hydrogen-bond donors (Lipinski definition) is 0. The monoisotopic (exact) mass is 224 g/mol. The molecule has 0 saturated heterocycles. The summed E-state index contributed by atoms with van der Waals surface area (Å²) in [6.07, 6.45) is -0.240. The molecular weight excluding hydrogens is 214 g/mol. The number of aromatic nitrogens is 1. The number of pyridine rings is 1. The molecule has 1 aromatic heterocycles. The van der Waals surface area contributed by atoms with Crippen LogP contribution in [0.2, 0.25) is 0 Å². The van der Waals surface area contributed by atoms with Gasteiger partial charge in [-0.05, 0) is 6.07 Å². The maximum atomic E-state index is 12.5. The van der Waals surface area contributed by atoms with Crippen molar-refractivity contribution in [3.8, 4) is 11.9 Å². The van der Waals surface area contributed by atoms with E-state index < -0.39 is 5.92 Å². The van der Waals surface area contributed by atoms with Crippen molar-refractivity contribution in [1.29, 1.82) is 5.26 Å². The van der Waals surface area contributed by atoms with Crippen molar-refractivity contribution in [2.24, 2.45) is 5.92 Å². The normalized spacial score (nSPS) is 18.6. The Bertz CT molecular complexity index is 420. The molecule has 0 bridgehead atoms. The first-order valence-electron chi connectivity index (χ1n) is 4.97. The summed E-state index contributed by atoms with van der Waals surface area (Å²) < 4.78 is 30.3. The van der Waals surface area contributed by atoms with Crippen molar-refractivity contribution in [3.05, 3.63) is 23.9 Å². The SMILES string of the molecule is N#Cc1cccc(OCC2CC(F)(F)C2)n1. The van der Waals surface area contributed by atoms with Crippen LogP contribution in [0.15, 0.2) is 18.2 Å². The molecule has 1 aliphatic rings. The highest BCUT2D eigenvalue weighted by molar-refractivity contribution is 5.24. The van der Waals surface area contributed by atoms with Crippen LogP contribution in [-0.4, -0.2) is 17.5 Å². The fraction of sp³-hybridized carbons (Fsp3) is 0.455. The van der Waals surface area contributed by atoms with Gasteiger partial charge >= 0.3 is 0 Å². The van der Waals surface area contributed by atoms with Gasteiger partial charge in [0.15, 0.2) is 0 Å². The summed E-state index contributed by atoms with van der Waals surface area (Å²) in [7, 11) is 0. The van der Waals surface area contributed by atoms with Crippen LogP contribution in [0.5, 0.6) is 5.88 Å². The summed E-state index contributed by atoms with van der Waals surface area (Å²) in [5, 5.41) is 8.60. The van der Waals surface area contributed by atoms with Crippen LogP contribution in [0.4, 0.5) is 8.78 Å². The van der Waals surface area contributed by atoms with Gasteiger partial charge in [0.05, 0.1) is 6.61 Å². The van der Waals surface area contributed by atoms with E-state index in [9.17, 15) is 8.78 Å². The predicted molar refractivity (Wildman–Crippen MR) is 52.1 cm³/mol. The Hall–Kier alpha value is -1.70. The first-order chi connectivity index (χ1) is 7.59. The lowest BCUT2D eigenvalue weighted by atomic mass is 9.82. The molecule has 0 unspecified atom stereocenters. The minimum Gasteiger partial charge on any atom is -0.477 e. The lowest BCUT2D eigenvalue weighted by Crippen LogP contribution is -2.38. The molecule has 0 aromatic carbocycles. The highest BCUT2D eigenvalue weighted by Gasteiger charge is 2.45. The Balaban J connectivity index is 1.84. The number of nitrogens with zero attached hydrogens (tertiary/aromatic N) is 2. The van der Waals surface area contributed by atoms with Crippen molar-refractivity contribution in [1.82, 2.24) is 4.98 Å². The summed E-state index contributed by atoms with van der Waals surface area (Å²) in [6, 6.07) is 6.70. The molecule has 5 heteroatoms. The summed E-state index contributed by atoms with van der Waals surface area (Å²) >= 11 is 0. The zero-order chi connectivity index (χ0) is 11.6. The minimum atomic E-state index is -2.52. The molecule has 1 heterocycles. The van der Waals surface area contributed by atoms with Gasteiger partial charge in [0.25, 0.3) is 0 Å². The van der Waals surface area contributed by atoms with Gasteiger partial charge in [-0.15, -0.1) is 0 Å². The smallest absolute Gasteiger partial charge is 0.248 e. The number of ether oxygens (including phenoxy) is 1. The molecule has 16 heavy (non-hydrogen) atoms. The third kappa shape index (κ3) is 2.45. The summed E-state index contributed by atoms with van der Waals surface area (Å²) in [5.74, 6) is -2.31. The molecule has 0 atom stereocenters. The second kappa shape index (κ2) is 4.05. The number of halogens is 2. The summed E-state index contributed by atoms with van der Waals surface area (Å²) in [4.78, 5) is 3.89. The summed E-state index contributed by atoms with van der Waals surface area (Å²) in [6.45, 7) is 0.234. The molecule has 0 radical (unpaired) electrons. The fourth-order valence-corrected chi connectivity index (χ4v) is 1.66. The highest BCUT2D eigenvalue weighted by Crippen LogP contribution is 2.42. The van der Waals surface area contributed by atoms with Crippen LogP contribution >= 0.6 is 0 Å². The van der Waals surface area contributed by atoms with E-state index >= 15 is 0 Å². The second-order valence-corrected chi connectivity index (χ2v) is 3.91. The van der Waals surface area contributed by atoms with Gasteiger partial charge in [-0.2, -0.15) is 5.26 Å². The maximum absolute atomic E-state index is 12.5. The fourth-order valence-electron chi connectivity index (χ4n) is 1.66. The van der Waals surface area contributed by atoms with Gasteiger partial charge in [-0.25, -0.2) is 13.8 Å². The van der Waals surface area contributed by atoms with Crippen LogP contribution in [0.1, 0.15) is 18.5 Å². The first-order valence-corrected chi connectivity index (χ1v) is 4.97. The lowest BCUT2D eigenvalue weighted by Gasteiger charge is -2.34. The van der Waals surface area contributed by atoms with Gasteiger partial charge in [-0.1, -0.05) is 6.07 Å².